The molecular weight excluding hydrogens is 398 g/mol. The van der Waals surface area contributed by atoms with Crippen molar-refractivity contribution in [1.29, 1.82) is 0 Å². The summed E-state index contributed by atoms with van der Waals surface area (Å²) in [6, 6.07) is 3.08. The molecule has 0 radical (unpaired) electrons. The molecule has 0 saturated carbocycles. The molecule has 0 amide bonds. The number of esters is 2. The Labute approximate surface area is 172 Å². The first kappa shape index (κ1) is 22.6. The van der Waals surface area contributed by atoms with E-state index < -0.39 is 29.2 Å². The van der Waals surface area contributed by atoms with E-state index in [-0.39, 0.29) is 29.0 Å². The van der Waals surface area contributed by atoms with E-state index in [1.165, 1.54) is 28.4 Å². The number of H-pyrrole nitrogens is 1. The molecule has 0 aliphatic rings. The monoisotopic (exact) mass is 421 g/mol. The van der Waals surface area contributed by atoms with Crippen LogP contribution in [0.5, 0.6) is 23.0 Å². The molecule has 0 fully saturated rings. The van der Waals surface area contributed by atoms with Crippen LogP contribution < -0.4 is 19.8 Å². The van der Waals surface area contributed by atoms with Crippen LogP contribution in [0.15, 0.2) is 23.1 Å². The third kappa shape index (κ3) is 4.32. The van der Waals surface area contributed by atoms with Gasteiger partial charge in [-0.1, -0.05) is 0 Å². The van der Waals surface area contributed by atoms with Crippen LogP contribution in [0.2, 0.25) is 0 Å². The number of aromatic amines is 1. The maximum atomic E-state index is 12.6. The first-order valence-corrected chi connectivity index (χ1v) is 8.72. The summed E-state index contributed by atoms with van der Waals surface area (Å²) in [6.07, 6.45) is 0.730. The van der Waals surface area contributed by atoms with E-state index >= 15 is 0 Å². The lowest BCUT2D eigenvalue weighted by Crippen LogP contribution is -2.22. The number of methoxy groups -OCH3 is 5. The number of benzene rings is 1. The van der Waals surface area contributed by atoms with Crippen LogP contribution >= 0.6 is 0 Å². The number of carbonyl (C=O) groups excluding carboxylic acids is 2. The highest BCUT2D eigenvalue weighted by Gasteiger charge is 2.30. The summed E-state index contributed by atoms with van der Waals surface area (Å²) >= 11 is 0. The predicted molar refractivity (Wildman–Crippen MR) is 105 cm³/mol. The zero-order chi connectivity index (χ0) is 22.4. The van der Waals surface area contributed by atoms with E-state index in [9.17, 15) is 19.5 Å². The number of hydrogen-bond acceptors (Lipinski definition) is 9. The fourth-order valence-electron chi connectivity index (χ4n) is 3.06. The van der Waals surface area contributed by atoms with Gasteiger partial charge in [0.2, 0.25) is 5.75 Å². The van der Waals surface area contributed by atoms with Gasteiger partial charge in [0.1, 0.15) is 11.3 Å². The Hall–Kier alpha value is -3.69. The minimum absolute atomic E-state index is 0.211. The summed E-state index contributed by atoms with van der Waals surface area (Å²) in [7, 11) is 6.60. The molecule has 10 nitrogen and oxygen atoms in total. The van der Waals surface area contributed by atoms with Crippen LogP contribution in [0.1, 0.15) is 33.8 Å². The zero-order valence-electron chi connectivity index (χ0n) is 17.2. The van der Waals surface area contributed by atoms with Crippen LogP contribution in [-0.2, 0) is 14.3 Å². The lowest BCUT2D eigenvalue weighted by atomic mass is 9.87. The normalized spacial score (nSPS) is 11.4. The number of pyridine rings is 1. The Kier molecular flexibility index (Phi) is 7.29. The van der Waals surface area contributed by atoms with Crippen molar-refractivity contribution < 1.29 is 38.4 Å². The van der Waals surface area contributed by atoms with E-state index in [0.717, 1.165) is 13.3 Å². The van der Waals surface area contributed by atoms with Gasteiger partial charge in [-0.05, 0) is 17.7 Å². The molecule has 30 heavy (non-hydrogen) atoms. The Morgan fingerprint density at radius 2 is 1.60 bits per heavy atom. The largest absolute Gasteiger partial charge is 0.506 e. The number of aromatic nitrogens is 1. The molecule has 1 atom stereocenters. The molecule has 0 unspecified atom stereocenters. The van der Waals surface area contributed by atoms with Crippen molar-refractivity contribution in [3.05, 3.63) is 45.4 Å². The molecule has 2 rings (SSSR count). The molecule has 0 bridgehead atoms. The minimum atomic E-state index is -1.00. The maximum absolute atomic E-state index is 12.6. The first-order valence-electron chi connectivity index (χ1n) is 8.72. The molecular formula is C20H23NO9. The standard InChI is InChI=1S/C20H23NO9/c1-26-13-6-10(7-14(27-2)18(13)29-4)11(8-15(22)28-3)16-17(23)12(20(25)30-5)9-21-19(16)24/h6-7,9,11H,8H2,1-5H3,(H2,21,23,24)/t11-/m0/s1. The van der Waals surface area contributed by atoms with Gasteiger partial charge < -0.3 is 33.8 Å². The van der Waals surface area contributed by atoms with Gasteiger partial charge in [0.15, 0.2) is 11.5 Å². The van der Waals surface area contributed by atoms with Gasteiger partial charge in [-0.25, -0.2) is 4.79 Å². The van der Waals surface area contributed by atoms with Crippen LogP contribution in [-0.4, -0.2) is 57.6 Å². The maximum Gasteiger partial charge on any atom is 0.343 e. The summed E-state index contributed by atoms with van der Waals surface area (Å²) < 4.78 is 25.3. The molecule has 0 saturated heterocycles. The average Bonchev–Trinajstić information content (AvgIpc) is 2.76. The van der Waals surface area contributed by atoms with Crippen LogP contribution in [0.4, 0.5) is 0 Å². The Bertz CT molecular complexity index is 971. The third-order valence-electron chi connectivity index (χ3n) is 4.54. The van der Waals surface area contributed by atoms with Crippen molar-refractivity contribution in [2.45, 2.75) is 12.3 Å². The molecule has 1 heterocycles. The van der Waals surface area contributed by atoms with Gasteiger partial charge in [0.25, 0.3) is 5.56 Å². The fraction of sp³-hybridized carbons (Fsp3) is 0.350. The highest BCUT2D eigenvalue weighted by molar-refractivity contribution is 5.92. The lowest BCUT2D eigenvalue weighted by Gasteiger charge is -2.21. The molecule has 0 aliphatic heterocycles. The van der Waals surface area contributed by atoms with E-state index in [2.05, 4.69) is 9.72 Å². The zero-order valence-corrected chi connectivity index (χ0v) is 17.2. The summed E-state index contributed by atoms with van der Waals surface area (Å²) in [5, 5.41) is 10.7. The fourth-order valence-corrected chi connectivity index (χ4v) is 3.06. The first-order chi connectivity index (χ1) is 14.3. The van der Waals surface area contributed by atoms with Crippen molar-refractivity contribution in [3.8, 4) is 23.0 Å². The van der Waals surface area contributed by atoms with Gasteiger partial charge >= 0.3 is 11.9 Å². The quantitative estimate of drug-likeness (QED) is 0.609. The summed E-state index contributed by atoms with van der Waals surface area (Å²) in [6.45, 7) is 0. The minimum Gasteiger partial charge on any atom is -0.506 e. The second-order valence-electron chi connectivity index (χ2n) is 6.08. The molecule has 2 aromatic rings. The molecule has 1 aromatic heterocycles. The molecule has 0 spiro atoms. The summed E-state index contributed by atoms with van der Waals surface area (Å²) in [4.78, 5) is 39.1. The lowest BCUT2D eigenvalue weighted by molar-refractivity contribution is -0.140. The van der Waals surface area contributed by atoms with E-state index in [1.54, 1.807) is 12.1 Å². The number of nitrogens with one attached hydrogen (secondary N) is 1. The Balaban J connectivity index is 2.80. The average molecular weight is 421 g/mol. The number of carbonyl (C=O) groups is 2. The Morgan fingerprint density at radius 1 is 1.00 bits per heavy atom. The third-order valence-corrected chi connectivity index (χ3v) is 4.54. The molecule has 162 valence electrons. The molecule has 1 aromatic carbocycles. The van der Waals surface area contributed by atoms with Gasteiger partial charge in [0.05, 0.1) is 47.5 Å². The summed E-state index contributed by atoms with van der Waals surface area (Å²) in [5.41, 5.74) is -0.771. The highest BCUT2D eigenvalue weighted by Crippen LogP contribution is 2.43. The van der Waals surface area contributed by atoms with Gasteiger partial charge in [-0.15, -0.1) is 0 Å². The predicted octanol–water partition coefficient (Wildman–Crippen LogP) is 1.59. The molecule has 10 heteroatoms. The second-order valence-corrected chi connectivity index (χ2v) is 6.08. The van der Waals surface area contributed by atoms with Crippen LogP contribution in [0, 0.1) is 0 Å². The second kappa shape index (κ2) is 9.68. The SMILES string of the molecule is COC(=O)C[C@@H](c1cc(OC)c(OC)c(OC)c1)c1c(O)c(C(=O)OC)c[nH]c1=O. The van der Waals surface area contributed by atoms with Gasteiger partial charge in [0, 0.05) is 12.1 Å². The summed E-state index contributed by atoms with van der Waals surface area (Å²) in [5.74, 6) is -2.24. The van der Waals surface area contributed by atoms with Gasteiger partial charge in [-0.2, -0.15) is 0 Å². The van der Waals surface area contributed by atoms with E-state index in [4.69, 9.17) is 18.9 Å². The number of rotatable bonds is 8. The Morgan fingerprint density at radius 3 is 2.07 bits per heavy atom. The van der Waals surface area contributed by atoms with Crippen molar-refractivity contribution >= 4 is 11.9 Å². The number of hydrogen-bond donors (Lipinski definition) is 2. The van der Waals surface area contributed by atoms with E-state index in [0.29, 0.717) is 11.3 Å². The number of aromatic hydroxyl groups is 1. The van der Waals surface area contributed by atoms with E-state index in [1.807, 2.05) is 0 Å². The van der Waals surface area contributed by atoms with Crippen molar-refractivity contribution in [1.82, 2.24) is 4.98 Å². The van der Waals surface area contributed by atoms with Gasteiger partial charge in [-0.3, -0.25) is 9.59 Å². The number of ether oxygens (including phenoxy) is 5. The topological polar surface area (TPSA) is 133 Å². The van der Waals surface area contributed by atoms with Crippen molar-refractivity contribution in [3.63, 3.8) is 0 Å². The van der Waals surface area contributed by atoms with Crippen LogP contribution in [0.25, 0.3) is 0 Å². The van der Waals surface area contributed by atoms with Crippen molar-refractivity contribution in [2.24, 2.45) is 0 Å². The smallest absolute Gasteiger partial charge is 0.343 e. The molecule has 2 N–H and O–H groups in total. The van der Waals surface area contributed by atoms with Crippen molar-refractivity contribution in [2.75, 3.05) is 35.5 Å². The highest BCUT2D eigenvalue weighted by atomic mass is 16.5. The van der Waals surface area contributed by atoms with Crippen LogP contribution in [0.3, 0.4) is 0 Å². The molecule has 0 aliphatic carbocycles.